The van der Waals surface area contributed by atoms with Crippen molar-refractivity contribution in [3.8, 4) is 11.3 Å². The second kappa shape index (κ2) is 6.47. The Kier molecular flexibility index (Phi) is 4.91. The van der Waals surface area contributed by atoms with Gasteiger partial charge in [-0.3, -0.25) is 4.79 Å². The third kappa shape index (κ3) is 3.65. The topological polar surface area (TPSA) is 68.0 Å². The summed E-state index contributed by atoms with van der Waals surface area (Å²) in [5, 5.41) is 5.25. The molecule has 20 heavy (non-hydrogen) atoms. The Morgan fingerprint density at radius 1 is 1.35 bits per heavy atom. The zero-order valence-electron chi connectivity index (χ0n) is 11.3. The lowest BCUT2D eigenvalue weighted by molar-refractivity contribution is -0.118. The largest absolute Gasteiger partial charge is 0.320 e. The molecule has 0 aliphatic heterocycles. The summed E-state index contributed by atoms with van der Waals surface area (Å²) in [6, 6.07) is 7.35. The molecule has 1 heterocycles. The molecule has 1 aromatic heterocycles. The lowest BCUT2D eigenvalue weighted by Gasteiger charge is -2.13. The number of nitrogens with two attached hydrogens (primary N) is 1. The maximum Gasteiger partial charge on any atom is 0.243 e. The van der Waals surface area contributed by atoms with E-state index in [1.54, 1.807) is 0 Å². The van der Waals surface area contributed by atoms with Crippen LogP contribution in [0.1, 0.15) is 13.8 Å². The summed E-state index contributed by atoms with van der Waals surface area (Å²) in [7, 11) is 0. The molecule has 0 bridgehead atoms. The van der Waals surface area contributed by atoms with Crippen LogP contribution in [0.5, 0.6) is 0 Å². The Morgan fingerprint density at radius 3 is 2.60 bits per heavy atom. The van der Waals surface area contributed by atoms with E-state index >= 15 is 0 Å². The molecule has 1 unspecified atom stereocenters. The first-order valence-electron chi connectivity index (χ1n) is 6.25. The number of amides is 1. The van der Waals surface area contributed by atoms with Gasteiger partial charge in [0.2, 0.25) is 5.91 Å². The van der Waals surface area contributed by atoms with Crippen molar-refractivity contribution >= 4 is 38.3 Å². The minimum absolute atomic E-state index is 0.0981. The number of carbonyl (C=O) groups excluding carboxylic acids is 1. The van der Waals surface area contributed by atoms with Crippen molar-refractivity contribution in [2.75, 3.05) is 5.32 Å². The van der Waals surface area contributed by atoms with E-state index in [4.69, 9.17) is 5.73 Å². The number of thiazole rings is 1. The van der Waals surface area contributed by atoms with Gasteiger partial charge in [0.15, 0.2) is 5.13 Å². The molecule has 0 aliphatic rings. The maximum atomic E-state index is 11.9. The molecule has 0 aliphatic carbocycles. The van der Waals surface area contributed by atoms with Crippen LogP contribution in [0.15, 0.2) is 34.1 Å². The zero-order valence-corrected chi connectivity index (χ0v) is 13.7. The minimum atomic E-state index is -0.518. The molecule has 0 saturated heterocycles. The number of benzene rings is 1. The van der Waals surface area contributed by atoms with Gasteiger partial charge in [0.05, 0.1) is 11.7 Å². The van der Waals surface area contributed by atoms with E-state index in [1.807, 2.05) is 43.5 Å². The SMILES string of the molecule is CC(C)C(N)C(=O)Nc1nc(-c2ccc(Br)cc2)cs1. The van der Waals surface area contributed by atoms with Gasteiger partial charge in [-0.15, -0.1) is 11.3 Å². The van der Waals surface area contributed by atoms with Crippen molar-refractivity contribution in [1.29, 1.82) is 0 Å². The van der Waals surface area contributed by atoms with Crippen molar-refractivity contribution in [1.82, 2.24) is 4.98 Å². The number of nitrogens with one attached hydrogen (secondary N) is 1. The summed E-state index contributed by atoms with van der Waals surface area (Å²) in [5.74, 6) is -0.0994. The summed E-state index contributed by atoms with van der Waals surface area (Å²) < 4.78 is 1.02. The molecular weight excluding hydrogens is 338 g/mol. The van der Waals surface area contributed by atoms with Crippen LogP contribution in [0, 0.1) is 5.92 Å². The highest BCUT2D eigenvalue weighted by Crippen LogP contribution is 2.26. The van der Waals surface area contributed by atoms with Crippen LogP contribution < -0.4 is 11.1 Å². The molecule has 2 aromatic rings. The van der Waals surface area contributed by atoms with Crippen molar-refractivity contribution < 1.29 is 4.79 Å². The third-order valence-corrected chi connectivity index (χ3v) is 4.18. The summed E-state index contributed by atoms with van der Waals surface area (Å²) in [4.78, 5) is 16.3. The predicted molar refractivity (Wildman–Crippen MR) is 86.7 cm³/mol. The Bertz CT molecular complexity index is 595. The molecule has 3 N–H and O–H groups in total. The molecule has 6 heteroatoms. The van der Waals surface area contributed by atoms with E-state index in [1.165, 1.54) is 11.3 Å². The first kappa shape index (κ1) is 15.2. The number of hydrogen-bond donors (Lipinski definition) is 2. The van der Waals surface area contributed by atoms with E-state index in [0.717, 1.165) is 15.7 Å². The molecule has 106 valence electrons. The molecule has 2 rings (SSSR count). The quantitative estimate of drug-likeness (QED) is 0.883. The fourth-order valence-corrected chi connectivity index (χ4v) is 2.56. The van der Waals surface area contributed by atoms with E-state index in [0.29, 0.717) is 5.13 Å². The maximum absolute atomic E-state index is 11.9. The van der Waals surface area contributed by atoms with Gasteiger partial charge >= 0.3 is 0 Å². The van der Waals surface area contributed by atoms with Crippen LogP contribution in [-0.2, 0) is 4.79 Å². The highest BCUT2D eigenvalue weighted by atomic mass is 79.9. The fourth-order valence-electron chi connectivity index (χ4n) is 1.58. The zero-order chi connectivity index (χ0) is 14.7. The first-order chi connectivity index (χ1) is 9.47. The van der Waals surface area contributed by atoms with Gasteiger partial charge < -0.3 is 11.1 Å². The number of carbonyl (C=O) groups is 1. The molecule has 1 aromatic carbocycles. The van der Waals surface area contributed by atoms with E-state index in [-0.39, 0.29) is 11.8 Å². The number of rotatable bonds is 4. The Hall–Kier alpha value is -1.24. The highest BCUT2D eigenvalue weighted by molar-refractivity contribution is 9.10. The van der Waals surface area contributed by atoms with E-state index in [2.05, 4.69) is 26.2 Å². The summed E-state index contributed by atoms with van der Waals surface area (Å²) >= 11 is 4.79. The number of aromatic nitrogens is 1. The van der Waals surface area contributed by atoms with Crippen molar-refractivity contribution in [3.63, 3.8) is 0 Å². The van der Waals surface area contributed by atoms with Crippen LogP contribution in [0.4, 0.5) is 5.13 Å². The van der Waals surface area contributed by atoms with Gasteiger partial charge in [-0.25, -0.2) is 4.98 Å². The second-order valence-corrected chi connectivity index (χ2v) is 6.58. The van der Waals surface area contributed by atoms with Crippen molar-refractivity contribution in [3.05, 3.63) is 34.1 Å². The van der Waals surface area contributed by atoms with Crippen molar-refractivity contribution in [2.24, 2.45) is 11.7 Å². The van der Waals surface area contributed by atoms with E-state index < -0.39 is 6.04 Å². The smallest absolute Gasteiger partial charge is 0.243 e. The molecular formula is C14H16BrN3OS. The van der Waals surface area contributed by atoms with Crippen LogP contribution in [0.2, 0.25) is 0 Å². The molecule has 4 nitrogen and oxygen atoms in total. The summed E-state index contributed by atoms with van der Waals surface area (Å²) in [6.07, 6.45) is 0. The Labute approximate surface area is 130 Å². The second-order valence-electron chi connectivity index (χ2n) is 4.80. The van der Waals surface area contributed by atoms with Gasteiger partial charge in [0.25, 0.3) is 0 Å². The summed E-state index contributed by atoms with van der Waals surface area (Å²) in [6.45, 7) is 3.83. The number of halogens is 1. The van der Waals surface area contributed by atoms with Gasteiger partial charge in [0, 0.05) is 15.4 Å². The Morgan fingerprint density at radius 2 is 2.00 bits per heavy atom. The van der Waals surface area contributed by atoms with Gasteiger partial charge in [-0.2, -0.15) is 0 Å². The lowest BCUT2D eigenvalue weighted by Crippen LogP contribution is -2.39. The van der Waals surface area contributed by atoms with Crippen LogP contribution in [0.25, 0.3) is 11.3 Å². The molecule has 0 fully saturated rings. The van der Waals surface area contributed by atoms with Gasteiger partial charge in [-0.05, 0) is 18.1 Å². The molecule has 1 atom stereocenters. The average molecular weight is 354 g/mol. The molecule has 0 spiro atoms. The van der Waals surface area contributed by atoms with Gasteiger partial charge in [0.1, 0.15) is 0 Å². The number of hydrogen-bond acceptors (Lipinski definition) is 4. The lowest BCUT2D eigenvalue weighted by atomic mass is 10.1. The van der Waals surface area contributed by atoms with Crippen LogP contribution >= 0.6 is 27.3 Å². The highest BCUT2D eigenvalue weighted by Gasteiger charge is 2.18. The van der Waals surface area contributed by atoms with Crippen LogP contribution in [0.3, 0.4) is 0 Å². The molecule has 0 saturated carbocycles. The van der Waals surface area contributed by atoms with Crippen molar-refractivity contribution in [2.45, 2.75) is 19.9 Å². The monoisotopic (exact) mass is 353 g/mol. The normalized spacial score (nSPS) is 12.4. The number of anilines is 1. The minimum Gasteiger partial charge on any atom is -0.320 e. The molecule has 1 amide bonds. The fraction of sp³-hybridized carbons (Fsp3) is 0.286. The summed E-state index contributed by atoms with van der Waals surface area (Å²) in [5.41, 5.74) is 7.66. The van der Waals surface area contributed by atoms with Crippen LogP contribution in [-0.4, -0.2) is 16.9 Å². The predicted octanol–water partition coefficient (Wildman–Crippen LogP) is 3.49. The van der Waals surface area contributed by atoms with Gasteiger partial charge in [-0.1, -0.05) is 41.9 Å². The van der Waals surface area contributed by atoms with E-state index in [9.17, 15) is 4.79 Å². The molecule has 0 radical (unpaired) electrons. The average Bonchev–Trinajstić information content (AvgIpc) is 2.87. The first-order valence-corrected chi connectivity index (χ1v) is 7.92. The third-order valence-electron chi connectivity index (χ3n) is 2.90. The standard InChI is InChI=1S/C14H16BrN3OS/c1-8(2)12(16)13(19)18-14-17-11(7-20-14)9-3-5-10(15)6-4-9/h3-8,12H,16H2,1-2H3,(H,17,18,19). The number of nitrogens with zero attached hydrogens (tertiary/aromatic N) is 1. The Balaban J connectivity index is 2.09.